The molecule has 102 valence electrons. The summed E-state index contributed by atoms with van der Waals surface area (Å²) in [5.74, 6) is 0.707. The molecule has 3 aromatic heterocycles. The monoisotopic (exact) mass is 313 g/mol. The number of aromatic nitrogens is 5. The molecule has 1 aromatic carbocycles. The van der Waals surface area contributed by atoms with Crippen molar-refractivity contribution in [2.24, 2.45) is 0 Å². The molecule has 0 aliphatic carbocycles. The minimum atomic E-state index is 0.690. The molecular formula is C14H8ClN5S. The number of benzene rings is 1. The van der Waals surface area contributed by atoms with Crippen molar-refractivity contribution in [3.05, 3.63) is 53.8 Å². The number of rotatable bonds is 2. The molecule has 3 heterocycles. The van der Waals surface area contributed by atoms with E-state index in [4.69, 9.17) is 11.6 Å². The van der Waals surface area contributed by atoms with Crippen LogP contribution < -0.4 is 0 Å². The average molecular weight is 314 g/mol. The van der Waals surface area contributed by atoms with Crippen LogP contribution in [-0.4, -0.2) is 24.8 Å². The van der Waals surface area contributed by atoms with Crippen LogP contribution >= 0.6 is 22.9 Å². The molecular weight excluding hydrogens is 306 g/mol. The summed E-state index contributed by atoms with van der Waals surface area (Å²) in [6, 6.07) is 11.3. The number of hydrogen-bond acceptors (Lipinski definition) is 5. The van der Waals surface area contributed by atoms with Gasteiger partial charge in [0.25, 0.3) is 0 Å². The van der Waals surface area contributed by atoms with Crippen molar-refractivity contribution in [2.45, 2.75) is 0 Å². The van der Waals surface area contributed by atoms with Crippen molar-refractivity contribution in [3.63, 3.8) is 0 Å². The zero-order chi connectivity index (χ0) is 14.2. The van der Waals surface area contributed by atoms with Crippen LogP contribution in [0.4, 0.5) is 0 Å². The van der Waals surface area contributed by atoms with Crippen molar-refractivity contribution < 1.29 is 0 Å². The lowest BCUT2D eigenvalue weighted by molar-refractivity contribution is 0.970. The van der Waals surface area contributed by atoms with Crippen LogP contribution in [0.15, 0.2) is 48.8 Å². The Bertz CT molecular complexity index is 898. The SMILES string of the molecule is Clc1ccc(-c2nnc3sc(-c4ccncc4)nn23)cc1. The van der Waals surface area contributed by atoms with Gasteiger partial charge in [-0.25, -0.2) is 0 Å². The zero-order valence-corrected chi connectivity index (χ0v) is 12.2. The molecule has 0 fully saturated rings. The lowest BCUT2D eigenvalue weighted by atomic mass is 10.2. The molecule has 0 atom stereocenters. The van der Waals surface area contributed by atoms with Gasteiger partial charge in [0, 0.05) is 28.5 Å². The Balaban J connectivity index is 1.85. The molecule has 7 heteroatoms. The molecule has 0 saturated heterocycles. The first-order valence-corrected chi connectivity index (χ1v) is 7.39. The number of hydrogen-bond donors (Lipinski definition) is 0. The normalized spacial score (nSPS) is 11.1. The fourth-order valence-corrected chi connectivity index (χ4v) is 2.98. The lowest BCUT2D eigenvalue weighted by Gasteiger charge is -1.97. The van der Waals surface area contributed by atoms with Gasteiger partial charge in [0.15, 0.2) is 5.82 Å². The van der Waals surface area contributed by atoms with E-state index in [0.29, 0.717) is 10.8 Å². The number of fused-ring (bicyclic) bond motifs is 1. The Morgan fingerprint density at radius 3 is 2.43 bits per heavy atom. The van der Waals surface area contributed by atoms with E-state index in [1.54, 1.807) is 16.9 Å². The summed E-state index contributed by atoms with van der Waals surface area (Å²) in [5, 5.41) is 14.5. The molecule has 0 saturated carbocycles. The molecule has 0 aliphatic heterocycles. The van der Waals surface area contributed by atoms with E-state index in [2.05, 4.69) is 20.3 Å². The standard InChI is InChI=1S/C14H8ClN5S/c15-11-3-1-9(2-4-11)12-17-18-14-20(12)19-13(21-14)10-5-7-16-8-6-10/h1-8H. The average Bonchev–Trinajstić information content (AvgIpc) is 3.09. The van der Waals surface area contributed by atoms with Crippen LogP contribution in [0.1, 0.15) is 0 Å². The summed E-state index contributed by atoms with van der Waals surface area (Å²) in [6.07, 6.45) is 3.50. The zero-order valence-electron chi connectivity index (χ0n) is 10.6. The third-order valence-corrected chi connectivity index (χ3v) is 4.22. The van der Waals surface area contributed by atoms with Gasteiger partial charge in [0.1, 0.15) is 5.01 Å². The van der Waals surface area contributed by atoms with Crippen LogP contribution in [0, 0.1) is 0 Å². The van der Waals surface area contributed by atoms with Gasteiger partial charge in [0.05, 0.1) is 0 Å². The van der Waals surface area contributed by atoms with E-state index in [9.17, 15) is 0 Å². The fourth-order valence-electron chi connectivity index (χ4n) is 2.01. The van der Waals surface area contributed by atoms with Gasteiger partial charge in [-0.05, 0) is 36.4 Å². The Morgan fingerprint density at radius 1 is 0.905 bits per heavy atom. The summed E-state index contributed by atoms with van der Waals surface area (Å²) < 4.78 is 1.75. The highest BCUT2D eigenvalue weighted by Gasteiger charge is 2.14. The second-order valence-corrected chi connectivity index (χ2v) is 5.76. The van der Waals surface area contributed by atoms with Crippen molar-refractivity contribution in [1.82, 2.24) is 24.8 Å². The van der Waals surface area contributed by atoms with E-state index in [1.165, 1.54) is 11.3 Å². The lowest BCUT2D eigenvalue weighted by Crippen LogP contribution is -1.90. The van der Waals surface area contributed by atoms with Gasteiger partial charge >= 0.3 is 0 Å². The quantitative estimate of drug-likeness (QED) is 0.567. The first-order valence-electron chi connectivity index (χ1n) is 6.20. The molecule has 0 unspecified atom stereocenters. The van der Waals surface area contributed by atoms with E-state index in [0.717, 1.165) is 21.1 Å². The summed E-state index contributed by atoms with van der Waals surface area (Å²) in [5.41, 5.74) is 1.95. The van der Waals surface area contributed by atoms with Gasteiger partial charge in [0.2, 0.25) is 4.96 Å². The predicted octanol–water partition coefficient (Wildman–Crippen LogP) is 3.57. The highest BCUT2D eigenvalue weighted by Crippen LogP contribution is 2.27. The maximum Gasteiger partial charge on any atom is 0.235 e. The minimum absolute atomic E-state index is 0.690. The predicted molar refractivity (Wildman–Crippen MR) is 82.3 cm³/mol. The van der Waals surface area contributed by atoms with E-state index in [-0.39, 0.29) is 0 Å². The highest BCUT2D eigenvalue weighted by atomic mass is 35.5. The second kappa shape index (κ2) is 4.91. The molecule has 0 radical (unpaired) electrons. The van der Waals surface area contributed by atoms with Gasteiger partial charge < -0.3 is 0 Å². The maximum absolute atomic E-state index is 5.91. The molecule has 0 aliphatic rings. The molecule has 21 heavy (non-hydrogen) atoms. The van der Waals surface area contributed by atoms with Gasteiger partial charge in [-0.2, -0.15) is 9.61 Å². The summed E-state index contributed by atoms with van der Waals surface area (Å²) in [7, 11) is 0. The molecule has 4 aromatic rings. The Kier molecular flexibility index (Phi) is 2.90. The summed E-state index contributed by atoms with van der Waals surface area (Å²) >= 11 is 7.41. The smallest absolute Gasteiger partial charge is 0.235 e. The molecule has 0 amide bonds. The topological polar surface area (TPSA) is 56.0 Å². The second-order valence-electron chi connectivity index (χ2n) is 4.37. The van der Waals surface area contributed by atoms with Gasteiger partial charge in [-0.3, -0.25) is 4.98 Å². The van der Waals surface area contributed by atoms with Crippen molar-refractivity contribution in [3.8, 4) is 22.0 Å². The third kappa shape index (κ3) is 2.18. The fraction of sp³-hybridized carbons (Fsp3) is 0. The summed E-state index contributed by atoms with van der Waals surface area (Å²) in [4.78, 5) is 4.77. The molecule has 0 bridgehead atoms. The van der Waals surface area contributed by atoms with Crippen molar-refractivity contribution in [2.75, 3.05) is 0 Å². The molecule has 4 rings (SSSR count). The summed E-state index contributed by atoms with van der Waals surface area (Å²) in [6.45, 7) is 0. The van der Waals surface area contributed by atoms with Crippen LogP contribution in [0.5, 0.6) is 0 Å². The third-order valence-electron chi connectivity index (χ3n) is 3.02. The molecule has 0 spiro atoms. The minimum Gasteiger partial charge on any atom is -0.265 e. The van der Waals surface area contributed by atoms with Crippen LogP contribution in [0.2, 0.25) is 5.02 Å². The van der Waals surface area contributed by atoms with E-state index < -0.39 is 0 Å². The van der Waals surface area contributed by atoms with E-state index in [1.807, 2.05) is 36.4 Å². The van der Waals surface area contributed by atoms with Crippen molar-refractivity contribution in [1.29, 1.82) is 0 Å². The van der Waals surface area contributed by atoms with Gasteiger partial charge in [-0.1, -0.05) is 22.9 Å². The first kappa shape index (κ1) is 12.4. The maximum atomic E-state index is 5.91. The largest absolute Gasteiger partial charge is 0.265 e. The number of pyridine rings is 1. The van der Waals surface area contributed by atoms with Crippen molar-refractivity contribution >= 4 is 27.9 Å². The molecule has 0 N–H and O–H groups in total. The van der Waals surface area contributed by atoms with Gasteiger partial charge in [-0.15, -0.1) is 10.2 Å². The first-order chi connectivity index (χ1) is 10.3. The Morgan fingerprint density at radius 2 is 1.67 bits per heavy atom. The Hall–Kier alpha value is -2.31. The van der Waals surface area contributed by atoms with E-state index >= 15 is 0 Å². The van der Waals surface area contributed by atoms with Crippen LogP contribution in [-0.2, 0) is 0 Å². The number of nitrogens with zero attached hydrogens (tertiary/aromatic N) is 5. The number of halogens is 1. The van der Waals surface area contributed by atoms with Crippen LogP contribution in [0.25, 0.3) is 26.9 Å². The molecule has 5 nitrogen and oxygen atoms in total. The van der Waals surface area contributed by atoms with Crippen LogP contribution in [0.3, 0.4) is 0 Å². The Labute approximate surface area is 128 Å². The highest BCUT2D eigenvalue weighted by molar-refractivity contribution is 7.19.